The van der Waals surface area contributed by atoms with Gasteiger partial charge in [-0.3, -0.25) is 9.78 Å². The van der Waals surface area contributed by atoms with Crippen molar-refractivity contribution >= 4 is 5.91 Å². The Morgan fingerprint density at radius 2 is 1.77 bits per heavy atom. The van der Waals surface area contributed by atoms with Crippen LogP contribution in [0.4, 0.5) is 13.2 Å². The summed E-state index contributed by atoms with van der Waals surface area (Å²) in [4.78, 5) is 24.1. The third-order valence-electron chi connectivity index (χ3n) is 7.01. The number of likely N-dealkylation sites (tertiary alicyclic amines) is 1. The minimum Gasteiger partial charge on any atom is -0.340 e. The normalized spacial score (nSPS) is 21.7. The number of hydrogen-bond donors (Lipinski definition) is 0. The molecule has 2 aromatic heterocycles. The average Bonchev–Trinajstić information content (AvgIpc) is 3.36. The highest BCUT2D eigenvalue weighted by molar-refractivity contribution is 5.96. The number of carbonyl (C=O) groups is 1. The van der Waals surface area contributed by atoms with E-state index in [0.29, 0.717) is 41.6 Å². The molecular formula is C25H22F3N5O2. The van der Waals surface area contributed by atoms with E-state index in [0.717, 1.165) is 25.0 Å². The zero-order valence-corrected chi connectivity index (χ0v) is 19.1. The van der Waals surface area contributed by atoms with Crippen molar-refractivity contribution in [3.05, 3.63) is 64.4 Å². The largest absolute Gasteiger partial charge is 0.416 e. The molecule has 3 heterocycles. The first kappa shape index (κ1) is 23.0. The molecule has 2 bridgehead atoms. The number of rotatable bonds is 3. The van der Waals surface area contributed by atoms with Crippen molar-refractivity contribution in [2.75, 3.05) is 13.1 Å². The topological polar surface area (TPSA) is 95.9 Å². The highest BCUT2D eigenvalue weighted by atomic mass is 19.4. The third-order valence-corrected chi connectivity index (χ3v) is 7.01. The fourth-order valence-corrected chi connectivity index (χ4v) is 5.37. The van der Waals surface area contributed by atoms with Crippen LogP contribution in [0, 0.1) is 37.0 Å². The molecule has 1 aliphatic heterocycles. The number of fused-ring (bicyclic) bond motifs is 2. The van der Waals surface area contributed by atoms with Crippen LogP contribution in [-0.4, -0.2) is 39.0 Å². The van der Waals surface area contributed by atoms with E-state index in [2.05, 4.69) is 15.1 Å². The fraction of sp³-hybridized carbons (Fsp3) is 0.400. The van der Waals surface area contributed by atoms with E-state index in [1.54, 1.807) is 18.7 Å². The number of nitrogens with zero attached hydrogens (tertiary/aromatic N) is 5. The molecule has 1 amide bonds. The lowest BCUT2D eigenvalue weighted by Crippen LogP contribution is -2.44. The number of aryl methyl sites for hydroxylation is 2. The third kappa shape index (κ3) is 4.16. The predicted molar refractivity (Wildman–Crippen MR) is 118 cm³/mol. The molecule has 7 nitrogen and oxygen atoms in total. The van der Waals surface area contributed by atoms with E-state index in [4.69, 9.17) is 4.52 Å². The summed E-state index contributed by atoms with van der Waals surface area (Å²) in [5.74, 6) is 1.64. The van der Waals surface area contributed by atoms with Gasteiger partial charge in [0, 0.05) is 31.5 Å². The van der Waals surface area contributed by atoms with E-state index in [1.807, 2.05) is 6.07 Å². The van der Waals surface area contributed by atoms with E-state index in [9.17, 15) is 23.2 Å². The summed E-state index contributed by atoms with van der Waals surface area (Å²) < 4.78 is 43.9. The molecule has 35 heavy (non-hydrogen) atoms. The number of nitriles is 1. The van der Waals surface area contributed by atoms with Crippen molar-refractivity contribution in [3.8, 4) is 17.3 Å². The standard InChI is InChI=1S/C25H22F3N5O2/c1-13-20(9-18(10-29)22(30-13)15-5-7-19(8-6-15)25(26,27)28)24(34)33-11-16-3-4-17(12-33)21(16)23-31-14(2)35-32-23/h5-9,16-17,21H,3-4,11-12H2,1-2H3/t16-,17+,21?. The molecule has 2 aliphatic rings. The van der Waals surface area contributed by atoms with Gasteiger partial charge in [-0.1, -0.05) is 17.3 Å². The maximum Gasteiger partial charge on any atom is 0.416 e. The summed E-state index contributed by atoms with van der Waals surface area (Å²) in [7, 11) is 0. The monoisotopic (exact) mass is 481 g/mol. The van der Waals surface area contributed by atoms with Gasteiger partial charge < -0.3 is 9.42 Å². The SMILES string of the molecule is Cc1nc(C2[C@@H]3CC[C@H]2CN(C(=O)c2cc(C#N)c(-c4ccc(C(F)(F)F)cc4)nc2C)C3)no1. The molecule has 1 saturated heterocycles. The van der Waals surface area contributed by atoms with Crippen molar-refractivity contribution in [2.24, 2.45) is 11.8 Å². The number of alkyl halides is 3. The first-order valence-corrected chi connectivity index (χ1v) is 11.3. The predicted octanol–water partition coefficient (Wildman–Crippen LogP) is 4.90. The molecule has 1 aromatic carbocycles. The number of pyridine rings is 1. The highest BCUT2D eigenvalue weighted by Gasteiger charge is 2.46. The Balaban J connectivity index is 1.40. The summed E-state index contributed by atoms with van der Waals surface area (Å²) in [5, 5.41) is 13.8. The van der Waals surface area contributed by atoms with E-state index < -0.39 is 11.7 Å². The molecule has 5 rings (SSSR count). The van der Waals surface area contributed by atoms with Crippen LogP contribution in [-0.2, 0) is 6.18 Å². The van der Waals surface area contributed by atoms with Crippen molar-refractivity contribution in [1.82, 2.24) is 20.0 Å². The van der Waals surface area contributed by atoms with Gasteiger partial charge in [0.15, 0.2) is 5.82 Å². The zero-order valence-electron chi connectivity index (χ0n) is 19.1. The number of hydrogen-bond acceptors (Lipinski definition) is 6. The summed E-state index contributed by atoms with van der Waals surface area (Å²) in [6.07, 6.45) is -2.51. The van der Waals surface area contributed by atoms with Gasteiger partial charge in [-0.2, -0.15) is 23.4 Å². The molecule has 0 N–H and O–H groups in total. The van der Waals surface area contributed by atoms with Crippen molar-refractivity contribution in [3.63, 3.8) is 0 Å². The number of aromatic nitrogens is 3. The van der Waals surface area contributed by atoms with Crippen molar-refractivity contribution in [2.45, 2.75) is 38.8 Å². The van der Waals surface area contributed by atoms with E-state index >= 15 is 0 Å². The number of benzene rings is 1. The van der Waals surface area contributed by atoms with Gasteiger partial charge in [0.2, 0.25) is 5.89 Å². The lowest BCUT2D eigenvalue weighted by molar-refractivity contribution is -0.137. The molecule has 0 spiro atoms. The lowest BCUT2D eigenvalue weighted by atomic mass is 9.84. The molecule has 2 fully saturated rings. The van der Waals surface area contributed by atoms with Crippen LogP contribution < -0.4 is 0 Å². The van der Waals surface area contributed by atoms with Gasteiger partial charge in [0.25, 0.3) is 5.91 Å². The molecule has 180 valence electrons. The van der Waals surface area contributed by atoms with Crippen LogP contribution in [0.25, 0.3) is 11.3 Å². The van der Waals surface area contributed by atoms with Gasteiger partial charge in [-0.05, 0) is 49.8 Å². The Kier molecular flexibility index (Phi) is 5.58. The lowest BCUT2D eigenvalue weighted by Gasteiger charge is -2.36. The van der Waals surface area contributed by atoms with Crippen molar-refractivity contribution in [1.29, 1.82) is 5.26 Å². The summed E-state index contributed by atoms with van der Waals surface area (Å²) in [6.45, 7) is 4.53. The summed E-state index contributed by atoms with van der Waals surface area (Å²) >= 11 is 0. The van der Waals surface area contributed by atoms with Gasteiger partial charge in [-0.25, -0.2) is 0 Å². The molecule has 1 saturated carbocycles. The Morgan fingerprint density at radius 3 is 2.31 bits per heavy atom. The van der Waals surface area contributed by atoms with Gasteiger partial charge in [-0.15, -0.1) is 0 Å². The second kappa shape index (κ2) is 8.48. The second-order valence-corrected chi connectivity index (χ2v) is 9.21. The molecule has 1 unspecified atom stereocenters. The minimum absolute atomic E-state index is 0.138. The van der Waals surface area contributed by atoms with E-state index in [-0.39, 0.29) is 34.9 Å². The summed E-state index contributed by atoms with van der Waals surface area (Å²) in [6, 6.07) is 8.02. The van der Waals surface area contributed by atoms with Crippen LogP contribution in [0.2, 0.25) is 0 Å². The first-order valence-electron chi connectivity index (χ1n) is 11.3. The Hall–Kier alpha value is -3.74. The van der Waals surface area contributed by atoms with Crippen LogP contribution in [0.1, 0.15) is 57.7 Å². The maximum atomic E-state index is 13.5. The quantitative estimate of drug-likeness (QED) is 0.528. The second-order valence-electron chi connectivity index (χ2n) is 9.21. The molecule has 0 radical (unpaired) electrons. The Morgan fingerprint density at radius 1 is 1.11 bits per heavy atom. The molecule has 10 heteroatoms. The van der Waals surface area contributed by atoms with E-state index in [1.165, 1.54) is 18.2 Å². The highest BCUT2D eigenvalue weighted by Crippen LogP contribution is 2.47. The van der Waals surface area contributed by atoms with Gasteiger partial charge in [0.05, 0.1) is 28.1 Å². The molecule has 3 aromatic rings. The van der Waals surface area contributed by atoms with Crippen LogP contribution >= 0.6 is 0 Å². The number of halogens is 3. The summed E-state index contributed by atoms with van der Waals surface area (Å²) in [5.41, 5.74) is 0.737. The Labute approximate surface area is 199 Å². The number of piperidine rings is 1. The van der Waals surface area contributed by atoms with Gasteiger partial charge in [0.1, 0.15) is 6.07 Å². The van der Waals surface area contributed by atoms with Crippen LogP contribution in [0.15, 0.2) is 34.9 Å². The minimum atomic E-state index is -4.45. The Bertz CT molecular complexity index is 1310. The van der Waals surface area contributed by atoms with Crippen molar-refractivity contribution < 1.29 is 22.5 Å². The number of carbonyl (C=O) groups excluding carboxylic acids is 1. The van der Waals surface area contributed by atoms with Crippen LogP contribution in [0.3, 0.4) is 0 Å². The average molecular weight is 481 g/mol. The first-order chi connectivity index (χ1) is 16.7. The molecule has 3 atom stereocenters. The zero-order chi connectivity index (χ0) is 24.9. The smallest absolute Gasteiger partial charge is 0.340 e. The number of amides is 1. The van der Waals surface area contributed by atoms with Crippen LogP contribution in [0.5, 0.6) is 0 Å². The molecule has 1 aliphatic carbocycles. The maximum absolute atomic E-state index is 13.5. The molecular weight excluding hydrogens is 459 g/mol. The van der Waals surface area contributed by atoms with Gasteiger partial charge >= 0.3 is 6.18 Å². The fourth-order valence-electron chi connectivity index (χ4n) is 5.37.